The minimum absolute atomic E-state index is 0.452. The lowest BCUT2D eigenvalue weighted by atomic mass is 10.2. The molecule has 0 radical (unpaired) electrons. The van der Waals surface area contributed by atoms with Gasteiger partial charge in [0.25, 0.3) is 0 Å². The molecule has 0 N–H and O–H groups in total. The Bertz CT molecular complexity index is 587. The zero-order chi connectivity index (χ0) is 13.0. The fourth-order valence-electron chi connectivity index (χ4n) is 1.48. The molecule has 0 spiro atoms. The van der Waals surface area contributed by atoms with E-state index in [1.54, 1.807) is 42.8 Å². The summed E-state index contributed by atoms with van der Waals surface area (Å²) in [5, 5.41) is 9.82. The molecule has 0 amide bonds. The molecule has 18 heavy (non-hydrogen) atoms. The minimum atomic E-state index is 0.452. The van der Waals surface area contributed by atoms with Crippen LogP contribution in [0.25, 0.3) is 0 Å². The van der Waals surface area contributed by atoms with Crippen molar-refractivity contribution in [1.29, 1.82) is 5.26 Å². The summed E-state index contributed by atoms with van der Waals surface area (Å²) in [4.78, 5) is 5.22. The van der Waals surface area contributed by atoms with E-state index < -0.39 is 0 Å². The fraction of sp³-hybridized carbons (Fsp3) is 0.231. The molecule has 1 aromatic heterocycles. The van der Waals surface area contributed by atoms with Crippen molar-refractivity contribution in [3.8, 4) is 17.6 Å². The summed E-state index contributed by atoms with van der Waals surface area (Å²) < 4.78 is 10.9. The third-order valence-corrected chi connectivity index (χ3v) is 3.22. The minimum Gasteiger partial charge on any atom is -0.493 e. The normalized spacial score (nSPS) is 9.83. The smallest absolute Gasteiger partial charge is 0.162 e. The van der Waals surface area contributed by atoms with Crippen molar-refractivity contribution in [2.45, 2.75) is 13.5 Å². The molecule has 0 fully saturated rings. The largest absolute Gasteiger partial charge is 0.493 e. The highest BCUT2D eigenvalue weighted by Gasteiger charge is 2.07. The zero-order valence-corrected chi connectivity index (χ0v) is 11.0. The number of hydrogen-bond acceptors (Lipinski definition) is 5. The zero-order valence-electron chi connectivity index (χ0n) is 10.1. The van der Waals surface area contributed by atoms with Crippen LogP contribution >= 0.6 is 11.3 Å². The Balaban J connectivity index is 2.12. The van der Waals surface area contributed by atoms with E-state index >= 15 is 0 Å². The molecule has 0 saturated carbocycles. The van der Waals surface area contributed by atoms with Crippen molar-refractivity contribution >= 4 is 11.3 Å². The summed E-state index contributed by atoms with van der Waals surface area (Å²) in [6.45, 7) is 2.41. The van der Waals surface area contributed by atoms with Gasteiger partial charge in [-0.1, -0.05) is 0 Å². The van der Waals surface area contributed by atoms with Crippen LogP contribution < -0.4 is 9.47 Å². The number of ether oxygens (including phenoxy) is 2. The summed E-state index contributed by atoms with van der Waals surface area (Å²) in [5.74, 6) is 1.19. The molecule has 0 saturated heterocycles. The fourth-order valence-corrected chi connectivity index (χ4v) is 2.19. The van der Waals surface area contributed by atoms with E-state index in [4.69, 9.17) is 14.7 Å². The Hall–Kier alpha value is -2.06. The quantitative estimate of drug-likeness (QED) is 0.848. The lowest BCUT2D eigenvalue weighted by molar-refractivity contribution is 0.287. The summed E-state index contributed by atoms with van der Waals surface area (Å²) in [5.41, 5.74) is 0.549. The van der Waals surface area contributed by atoms with Crippen LogP contribution in [0, 0.1) is 18.3 Å². The van der Waals surface area contributed by atoms with Gasteiger partial charge >= 0.3 is 0 Å². The first-order valence-corrected chi connectivity index (χ1v) is 6.17. The van der Waals surface area contributed by atoms with Crippen molar-refractivity contribution in [3.05, 3.63) is 39.8 Å². The van der Waals surface area contributed by atoms with Gasteiger partial charge in [0.1, 0.15) is 6.61 Å². The molecular formula is C13H12N2O2S. The molecule has 0 bridgehead atoms. The second kappa shape index (κ2) is 5.52. The van der Waals surface area contributed by atoms with Gasteiger partial charge in [-0.05, 0) is 19.1 Å². The number of methoxy groups -OCH3 is 1. The number of hydrogen-bond donors (Lipinski definition) is 0. The molecule has 4 nitrogen and oxygen atoms in total. The van der Waals surface area contributed by atoms with E-state index in [-0.39, 0.29) is 0 Å². The van der Waals surface area contributed by atoms with Gasteiger partial charge in [0.2, 0.25) is 0 Å². The lowest BCUT2D eigenvalue weighted by Gasteiger charge is -2.09. The van der Waals surface area contributed by atoms with Crippen LogP contribution in [0.4, 0.5) is 0 Å². The second-order valence-electron chi connectivity index (χ2n) is 3.61. The average molecular weight is 260 g/mol. The van der Waals surface area contributed by atoms with Crippen LogP contribution in [-0.2, 0) is 6.61 Å². The predicted molar refractivity (Wildman–Crippen MR) is 68.9 cm³/mol. The molecular weight excluding hydrogens is 248 g/mol. The molecule has 5 heteroatoms. The predicted octanol–water partition coefficient (Wildman–Crippen LogP) is 2.91. The van der Waals surface area contributed by atoms with E-state index in [0.29, 0.717) is 23.7 Å². The van der Waals surface area contributed by atoms with Crippen molar-refractivity contribution in [1.82, 2.24) is 4.98 Å². The Morgan fingerprint density at radius 1 is 1.39 bits per heavy atom. The molecule has 0 unspecified atom stereocenters. The lowest BCUT2D eigenvalue weighted by Crippen LogP contribution is -1.96. The van der Waals surface area contributed by atoms with E-state index in [9.17, 15) is 0 Å². The third-order valence-electron chi connectivity index (χ3n) is 2.33. The molecule has 0 aliphatic rings. The molecule has 1 aromatic carbocycles. The first-order chi connectivity index (χ1) is 8.72. The maximum Gasteiger partial charge on any atom is 0.162 e. The first-order valence-electron chi connectivity index (χ1n) is 5.35. The summed E-state index contributed by atoms with van der Waals surface area (Å²) >= 11 is 1.60. The summed E-state index contributed by atoms with van der Waals surface area (Å²) in [6.07, 6.45) is 1.80. The average Bonchev–Trinajstić information content (AvgIpc) is 2.82. The maximum absolute atomic E-state index is 8.81. The summed E-state index contributed by atoms with van der Waals surface area (Å²) in [6, 6.07) is 7.17. The molecule has 0 aliphatic heterocycles. The number of thiazole rings is 1. The van der Waals surface area contributed by atoms with Gasteiger partial charge in [-0.25, -0.2) is 4.98 Å². The maximum atomic E-state index is 8.81. The van der Waals surface area contributed by atoms with E-state index in [2.05, 4.69) is 11.1 Å². The van der Waals surface area contributed by atoms with E-state index in [1.807, 2.05) is 6.92 Å². The Morgan fingerprint density at radius 2 is 2.22 bits per heavy atom. The number of aromatic nitrogens is 1. The SMILES string of the molecule is COc1cc(C#N)ccc1OCc1cnc(C)s1. The van der Waals surface area contributed by atoms with E-state index in [0.717, 1.165) is 9.88 Å². The Morgan fingerprint density at radius 3 is 2.83 bits per heavy atom. The Kier molecular flexibility index (Phi) is 3.80. The van der Waals surface area contributed by atoms with Gasteiger partial charge in [0.05, 0.1) is 28.6 Å². The number of rotatable bonds is 4. The van der Waals surface area contributed by atoms with Gasteiger partial charge in [-0.2, -0.15) is 5.26 Å². The number of aryl methyl sites for hydroxylation is 1. The van der Waals surface area contributed by atoms with Crippen molar-refractivity contribution in [3.63, 3.8) is 0 Å². The summed E-state index contributed by atoms with van der Waals surface area (Å²) in [7, 11) is 1.56. The van der Waals surface area contributed by atoms with Crippen LogP contribution in [-0.4, -0.2) is 12.1 Å². The van der Waals surface area contributed by atoms with Crippen LogP contribution in [0.15, 0.2) is 24.4 Å². The molecule has 92 valence electrons. The third kappa shape index (κ3) is 2.79. The van der Waals surface area contributed by atoms with Crippen LogP contribution in [0.5, 0.6) is 11.5 Å². The highest BCUT2D eigenvalue weighted by atomic mass is 32.1. The topological polar surface area (TPSA) is 55.1 Å². The molecule has 1 heterocycles. The number of benzene rings is 1. The van der Waals surface area contributed by atoms with Gasteiger partial charge in [-0.3, -0.25) is 0 Å². The number of nitrogens with zero attached hydrogens (tertiary/aromatic N) is 2. The standard InChI is InChI=1S/C13H12N2O2S/c1-9-15-7-11(18-9)8-17-12-4-3-10(6-14)5-13(12)16-2/h3-5,7H,8H2,1-2H3. The first kappa shape index (κ1) is 12.4. The van der Waals surface area contributed by atoms with Crippen LogP contribution in [0.1, 0.15) is 15.4 Å². The highest BCUT2D eigenvalue weighted by molar-refractivity contribution is 7.11. The van der Waals surface area contributed by atoms with Crippen molar-refractivity contribution in [2.24, 2.45) is 0 Å². The molecule has 2 aromatic rings. The molecule has 0 atom stereocenters. The monoisotopic (exact) mass is 260 g/mol. The van der Waals surface area contributed by atoms with Gasteiger partial charge < -0.3 is 9.47 Å². The second-order valence-corrected chi connectivity index (χ2v) is 4.93. The van der Waals surface area contributed by atoms with Gasteiger partial charge in [0.15, 0.2) is 11.5 Å². The van der Waals surface area contributed by atoms with Gasteiger partial charge in [0, 0.05) is 12.3 Å². The van der Waals surface area contributed by atoms with E-state index in [1.165, 1.54) is 0 Å². The van der Waals surface area contributed by atoms with Crippen LogP contribution in [0.3, 0.4) is 0 Å². The van der Waals surface area contributed by atoms with Crippen LogP contribution in [0.2, 0.25) is 0 Å². The van der Waals surface area contributed by atoms with Crippen molar-refractivity contribution in [2.75, 3.05) is 7.11 Å². The molecule has 0 aliphatic carbocycles. The molecule has 2 rings (SSSR count). The Labute approximate surface area is 109 Å². The highest BCUT2D eigenvalue weighted by Crippen LogP contribution is 2.29. The van der Waals surface area contributed by atoms with Gasteiger partial charge in [-0.15, -0.1) is 11.3 Å². The van der Waals surface area contributed by atoms with Crippen molar-refractivity contribution < 1.29 is 9.47 Å². The number of nitriles is 1.